The van der Waals surface area contributed by atoms with E-state index < -0.39 is 10.0 Å². The molecule has 0 amide bonds. The summed E-state index contributed by atoms with van der Waals surface area (Å²) in [6.07, 6.45) is 0.586. The molecule has 0 spiro atoms. The molecule has 3 aromatic rings. The molecule has 2 aliphatic heterocycles. The summed E-state index contributed by atoms with van der Waals surface area (Å²) in [5.41, 5.74) is 3.68. The van der Waals surface area contributed by atoms with Crippen molar-refractivity contribution in [2.24, 2.45) is 0 Å². The number of sulfonamides is 1. The molecule has 0 radical (unpaired) electrons. The molecule has 0 saturated carbocycles. The molecule has 6 nitrogen and oxygen atoms in total. The van der Waals surface area contributed by atoms with E-state index >= 15 is 0 Å². The molecule has 5 rings (SSSR count). The second kappa shape index (κ2) is 6.09. The van der Waals surface area contributed by atoms with Gasteiger partial charge in [0.15, 0.2) is 0 Å². The van der Waals surface area contributed by atoms with Gasteiger partial charge in [-0.2, -0.15) is 4.31 Å². The summed E-state index contributed by atoms with van der Waals surface area (Å²) in [7, 11) is -3.45. The summed E-state index contributed by atoms with van der Waals surface area (Å²) in [5.74, 6) is 0. The Balaban J connectivity index is 1.64. The molecule has 2 fully saturated rings. The van der Waals surface area contributed by atoms with Crippen molar-refractivity contribution in [3.05, 3.63) is 48.5 Å². The molecule has 2 N–H and O–H groups in total. The van der Waals surface area contributed by atoms with Crippen molar-refractivity contribution in [2.45, 2.75) is 17.4 Å². The Hall–Kier alpha value is -2.35. The van der Waals surface area contributed by atoms with Gasteiger partial charge >= 0.3 is 0 Å². The molecule has 2 aliphatic rings. The summed E-state index contributed by atoms with van der Waals surface area (Å²) in [5, 5.41) is 10.8. The summed E-state index contributed by atoms with van der Waals surface area (Å²) in [4.78, 5) is 5.80. The minimum Gasteiger partial charge on any atom is -0.389 e. The van der Waals surface area contributed by atoms with E-state index in [4.69, 9.17) is 0 Å². The number of H-pyrrole nitrogens is 1. The highest BCUT2D eigenvalue weighted by Gasteiger charge is 2.32. The molecule has 0 bridgehead atoms. The predicted octanol–water partition coefficient (Wildman–Crippen LogP) is 2.41. The van der Waals surface area contributed by atoms with Gasteiger partial charge in [-0.25, -0.2) is 8.42 Å². The fourth-order valence-corrected chi connectivity index (χ4v) is 5.26. The molecule has 27 heavy (non-hydrogen) atoms. The van der Waals surface area contributed by atoms with Crippen LogP contribution in [0.25, 0.3) is 22.2 Å². The van der Waals surface area contributed by atoms with Crippen LogP contribution in [0.4, 0.5) is 5.69 Å². The maximum Gasteiger partial charge on any atom is 0.243 e. The van der Waals surface area contributed by atoms with Crippen LogP contribution in [0.15, 0.2) is 53.4 Å². The van der Waals surface area contributed by atoms with Gasteiger partial charge < -0.3 is 15.0 Å². The monoisotopic (exact) mass is 383 g/mol. The van der Waals surface area contributed by atoms with Gasteiger partial charge in [0.25, 0.3) is 0 Å². The lowest BCUT2D eigenvalue weighted by Crippen LogP contribution is -2.51. The Bertz CT molecular complexity index is 1080. The second-order valence-electron chi connectivity index (χ2n) is 7.27. The van der Waals surface area contributed by atoms with E-state index in [-0.39, 0.29) is 6.10 Å². The number of β-amino-alcohol motifs (C(OH)–C–C–N with tert-alkyl or cyclic N) is 1. The van der Waals surface area contributed by atoms with Gasteiger partial charge in [0, 0.05) is 54.0 Å². The highest BCUT2D eigenvalue weighted by atomic mass is 32.2. The van der Waals surface area contributed by atoms with Crippen LogP contribution in [-0.4, -0.2) is 55.1 Å². The van der Waals surface area contributed by atoms with E-state index in [2.05, 4.69) is 9.88 Å². The Kier molecular flexibility index (Phi) is 3.79. The van der Waals surface area contributed by atoms with E-state index in [9.17, 15) is 13.5 Å². The van der Waals surface area contributed by atoms with Crippen LogP contribution in [0.3, 0.4) is 0 Å². The van der Waals surface area contributed by atoms with Crippen molar-refractivity contribution in [3.8, 4) is 11.3 Å². The summed E-state index contributed by atoms with van der Waals surface area (Å²) in [6.45, 7) is 2.30. The van der Waals surface area contributed by atoms with Gasteiger partial charge in [0.2, 0.25) is 10.0 Å². The van der Waals surface area contributed by atoms with Crippen molar-refractivity contribution >= 4 is 26.6 Å². The summed E-state index contributed by atoms with van der Waals surface area (Å²) >= 11 is 0. The van der Waals surface area contributed by atoms with Crippen LogP contribution in [0.2, 0.25) is 0 Å². The van der Waals surface area contributed by atoms with Crippen LogP contribution in [0.5, 0.6) is 0 Å². The number of aliphatic hydroxyl groups is 1. The van der Waals surface area contributed by atoms with Crippen molar-refractivity contribution < 1.29 is 13.5 Å². The van der Waals surface area contributed by atoms with Gasteiger partial charge in [0.1, 0.15) is 0 Å². The average molecular weight is 383 g/mol. The Morgan fingerprint density at radius 3 is 2.48 bits per heavy atom. The van der Waals surface area contributed by atoms with Crippen molar-refractivity contribution in [2.75, 3.05) is 31.1 Å². The minimum atomic E-state index is -3.45. The number of benzene rings is 2. The molecule has 2 saturated heterocycles. The topological polar surface area (TPSA) is 76.6 Å². The molecule has 140 valence electrons. The molecule has 3 heterocycles. The first-order valence-electron chi connectivity index (χ1n) is 9.18. The zero-order chi connectivity index (χ0) is 18.6. The van der Waals surface area contributed by atoms with E-state index in [0.717, 1.165) is 34.3 Å². The van der Waals surface area contributed by atoms with E-state index in [1.807, 2.05) is 36.4 Å². The number of aromatic amines is 1. The Labute approximate surface area is 158 Å². The van der Waals surface area contributed by atoms with Crippen LogP contribution in [0.1, 0.15) is 6.42 Å². The van der Waals surface area contributed by atoms with Crippen LogP contribution in [-0.2, 0) is 10.0 Å². The molecule has 0 atom stereocenters. The van der Waals surface area contributed by atoms with Gasteiger partial charge in [-0.05, 0) is 36.8 Å². The first kappa shape index (κ1) is 16.8. The Morgan fingerprint density at radius 2 is 1.81 bits per heavy atom. The first-order chi connectivity index (χ1) is 13.0. The van der Waals surface area contributed by atoms with Crippen LogP contribution >= 0.6 is 0 Å². The van der Waals surface area contributed by atoms with Gasteiger partial charge in [0.05, 0.1) is 11.0 Å². The lowest BCUT2D eigenvalue weighted by Gasteiger charge is -2.39. The quantitative estimate of drug-likeness (QED) is 0.725. The number of hydrogen-bond donors (Lipinski definition) is 2. The number of fused-ring (bicyclic) bond motifs is 1. The van der Waals surface area contributed by atoms with E-state index in [1.54, 1.807) is 12.1 Å². The number of aliphatic hydroxyl groups excluding tert-OH is 1. The fourth-order valence-electron chi connectivity index (χ4n) is 3.71. The second-order valence-corrected chi connectivity index (χ2v) is 9.20. The number of aromatic nitrogens is 1. The van der Waals surface area contributed by atoms with Crippen LogP contribution < -0.4 is 4.90 Å². The standard InChI is InChI=1S/C20H21N3O3S/c24-15-12-22(13-15)20-7-6-16(27(25,26)23-8-3-9-23)11-17(20)19-10-14-4-1-2-5-18(14)21-19/h1-2,4-7,10-11,15,21,24H,3,8-9,12-13H2. The third-order valence-electron chi connectivity index (χ3n) is 5.44. The highest BCUT2D eigenvalue weighted by molar-refractivity contribution is 7.89. The normalized spacial score (nSPS) is 18.5. The highest BCUT2D eigenvalue weighted by Crippen LogP contribution is 2.37. The van der Waals surface area contributed by atoms with Crippen molar-refractivity contribution in [1.29, 1.82) is 0 Å². The summed E-state index contributed by atoms with van der Waals surface area (Å²) < 4.78 is 27.2. The molecular formula is C20H21N3O3S. The molecular weight excluding hydrogens is 362 g/mol. The van der Waals surface area contributed by atoms with Crippen molar-refractivity contribution in [3.63, 3.8) is 0 Å². The van der Waals surface area contributed by atoms with Crippen LogP contribution in [0, 0.1) is 0 Å². The molecule has 0 aliphatic carbocycles. The molecule has 1 aromatic heterocycles. The lowest BCUT2D eigenvalue weighted by atomic mass is 10.0. The van der Waals surface area contributed by atoms with Gasteiger partial charge in [-0.15, -0.1) is 0 Å². The number of para-hydroxylation sites is 1. The predicted molar refractivity (Wildman–Crippen MR) is 105 cm³/mol. The SMILES string of the molecule is O=S(=O)(c1ccc(N2CC(O)C2)c(-c2cc3ccccc3[nH]2)c1)N1CCC1. The lowest BCUT2D eigenvalue weighted by molar-refractivity contribution is 0.142. The minimum absolute atomic E-state index is 0.320. The third kappa shape index (κ3) is 2.74. The van der Waals surface area contributed by atoms with Gasteiger partial charge in [-0.1, -0.05) is 18.2 Å². The molecule has 2 aromatic carbocycles. The number of nitrogens with one attached hydrogen (secondary N) is 1. The number of rotatable bonds is 4. The maximum atomic E-state index is 12.8. The maximum absolute atomic E-state index is 12.8. The Morgan fingerprint density at radius 1 is 1.04 bits per heavy atom. The van der Waals surface area contributed by atoms with E-state index in [0.29, 0.717) is 31.1 Å². The average Bonchev–Trinajstić information content (AvgIpc) is 3.00. The molecule has 7 heteroatoms. The smallest absolute Gasteiger partial charge is 0.243 e. The number of hydrogen-bond acceptors (Lipinski definition) is 4. The number of anilines is 1. The molecule has 0 unspecified atom stereocenters. The summed E-state index contributed by atoms with van der Waals surface area (Å²) in [6, 6.07) is 15.3. The zero-order valence-corrected chi connectivity index (χ0v) is 15.6. The number of nitrogens with zero attached hydrogens (tertiary/aromatic N) is 2. The third-order valence-corrected chi connectivity index (χ3v) is 7.34. The first-order valence-corrected chi connectivity index (χ1v) is 10.6. The van der Waals surface area contributed by atoms with Gasteiger partial charge in [-0.3, -0.25) is 0 Å². The largest absolute Gasteiger partial charge is 0.389 e. The van der Waals surface area contributed by atoms with Crippen molar-refractivity contribution in [1.82, 2.24) is 9.29 Å². The fraction of sp³-hybridized carbons (Fsp3) is 0.300. The van der Waals surface area contributed by atoms with E-state index in [1.165, 1.54) is 4.31 Å². The zero-order valence-electron chi connectivity index (χ0n) is 14.8.